The predicted octanol–water partition coefficient (Wildman–Crippen LogP) is 22.0. The van der Waals surface area contributed by atoms with Gasteiger partial charge in [0.05, 0.1) is 0 Å². The van der Waals surface area contributed by atoms with Crippen LogP contribution in [0.5, 0.6) is 0 Å². The molecule has 0 aliphatic heterocycles. The highest BCUT2D eigenvalue weighted by Gasteiger charge is 2.19. The van der Waals surface area contributed by atoms with E-state index in [-0.39, 0.29) is 37.5 Å². The molecule has 0 fully saturated rings. The molecule has 0 rings (SSSR count). The molecular weight excluding hydrogens is 937 g/mol. The Morgan fingerprint density at radius 1 is 0.276 bits per heavy atom. The normalized spacial score (nSPS) is 12.7. The van der Waals surface area contributed by atoms with Crippen molar-refractivity contribution < 1.29 is 28.6 Å². The number of hydrogen-bond donors (Lipinski definition) is 0. The predicted molar refractivity (Wildman–Crippen MR) is 330 cm³/mol. The lowest BCUT2D eigenvalue weighted by Crippen LogP contribution is -2.30. The second-order valence-electron chi connectivity index (χ2n) is 21.3. The van der Waals surface area contributed by atoms with Crippen molar-refractivity contribution in [1.82, 2.24) is 0 Å². The number of unbranched alkanes of at least 4 members (excludes halogenated alkanes) is 31. The Kier molecular flexibility index (Phi) is 60.8. The van der Waals surface area contributed by atoms with Gasteiger partial charge >= 0.3 is 17.9 Å². The molecule has 0 aromatic heterocycles. The summed E-state index contributed by atoms with van der Waals surface area (Å²) in [6.45, 7) is 6.46. The molecule has 76 heavy (non-hydrogen) atoms. The summed E-state index contributed by atoms with van der Waals surface area (Å²) in [6.07, 6.45) is 85.8. The van der Waals surface area contributed by atoms with Gasteiger partial charge in [0.25, 0.3) is 0 Å². The van der Waals surface area contributed by atoms with Crippen molar-refractivity contribution in [2.45, 2.75) is 316 Å². The highest BCUT2D eigenvalue weighted by Crippen LogP contribution is 2.16. The van der Waals surface area contributed by atoms with Gasteiger partial charge in [0.15, 0.2) is 6.10 Å². The zero-order valence-electron chi connectivity index (χ0n) is 50.0. The molecule has 6 nitrogen and oxygen atoms in total. The minimum Gasteiger partial charge on any atom is -0.462 e. The fraction of sp³-hybridized carbons (Fsp3) is 0.729. The lowest BCUT2D eigenvalue weighted by atomic mass is 10.0. The van der Waals surface area contributed by atoms with Crippen LogP contribution in [0.2, 0.25) is 0 Å². The highest BCUT2D eigenvalue weighted by atomic mass is 16.6. The Balaban J connectivity index is 4.20. The molecule has 0 spiro atoms. The van der Waals surface area contributed by atoms with Crippen molar-refractivity contribution in [3.63, 3.8) is 0 Å². The third-order valence-electron chi connectivity index (χ3n) is 13.8. The summed E-state index contributed by atoms with van der Waals surface area (Å²) in [6, 6.07) is 0. The van der Waals surface area contributed by atoms with Crippen molar-refractivity contribution in [1.29, 1.82) is 0 Å². The van der Waals surface area contributed by atoms with Gasteiger partial charge in [0.2, 0.25) is 0 Å². The van der Waals surface area contributed by atoms with Crippen LogP contribution in [-0.4, -0.2) is 37.2 Å². The number of carbonyl (C=O) groups excluding carboxylic acids is 3. The Bertz CT molecular complexity index is 1490. The molecule has 6 heteroatoms. The van der Waals surface area contributed by atoms with Crippen molar-refractivity contribution >= 4 is 17.9 Å². The average Bonchev–Trinajstić information content (AvgIpc) is 3.42. The molecule has 0 aliphatic rings. The number of rotatable bonds is 58. The van der Waals surface area contributed by atoms with Crippen molar-refractivity contribution in [2.75, 3.05) is 13.2 Å². The van der Waals surface area contributed by atoms with Crippen LogP contribution in [0.15, 0.2) is 97.2 Å². The van der Waals surface area contributed by atoms with Gasteiger partial charge in [-0.25, -0.2) is 0 Å². The van der Waals surface area contributed by atoms with Gasteiger partial charge in [-0.3, -0.25) is 14.4 Å². The van der Waals surface area contributed by atoms with Crippen LogP contribution < -0.4 is 0 Å². The average molecular weight is 1060 g/mol. The molecule has 436 valence electrons. The van der Waals surface area contributed by atoms with Crippen LogP contribution in [0, 0.1) is 0 Å². The van der Waals surface area contributed by atoms with E-state index in [1.54, 1.807) is 0 Å². The summed E-state index contributed by atoms with van der Waals surface area (Å²) in [5.74, 6) is -0.940. The Morgan fingerprint density at radius 2 is 0.513 bits per heavy atom. The van der Waals surface area contributed by atoms with Gasteiger partial charge < -0.3 is 14.2 Å². The molecule has 0 heterocycles. The van der Waals surface area contributed by atoms with Crippen LogP contribution in [0.4, 0.5) is 0 Å². The number of esters is 3. The summed E-state index contributed by atoms with van der Waals surface area (Å²) < 4.78 is 16.8. The molecule has 0 aromatic carbocycles. The minimum atomic E-state index is -0.802. The molecule has 0 radical (unpaired) electrons. The molecule has 0 amide bonds. The van der Waals surface area contributed by atoms with Gasteiger partial charge in [-0.05, 0) is 122 Å². The van der Waals surface area contributed by atoms with Gasteiger partial charge in [0.1, 0.15) is 13.2 Å². The maximum atomic E-state index is 12.8. The molecule has 0 saturated carbocycles. The molecule has 1 unspecified atom stereocenters. The monoisotopic (exact) mass is 1060 g/mol. The van der Waals surface area contributed by atoms with Crippen molar-refractivity contribution in [2.24, 2.45) is 0 Å². The fourth-order valence-corrected chi connectivity index (χ4v) is 8.97. The SMILES string of the molecule is CC/C=C\C/C=C\C/C=C\C/C=C\CCCCC(=O)OC(COC(=O)CCCCCCC/C=C\CCCCC)COC(=O)CCCCCCCCCCCCCCCCCC/C=C\C/C=C\C/C=C\CCCCCCC. The summed E-state index contributed by atoms with van der Waals surface area (Å²) in [5, 5.41) is 0. The Hall–Kier alpha value is -3.67. The second kappa shape index (κ2) is 63.9. The molecule has 0 bridgehead atoms. The van der Waals surface area contributed by atoms with E-state index in [0.717, 1.165) is 96.3 Å². The van der Waals surface area contributed by atoms with E-state index in [4.69, 9.17) is 14.2 Å². The Labute approximate surface area is 470 Å². The first-order chi connectivity index (χ1) is 37.5. The topological polar surface area (TPSA) is 78.9 Å². The van der Waals surface area contributed by atoms with Crippen LogP contribution in [-0.2, 0) is 28.6 Å². The van der Waals surface area contributed by atoms with Crippen molar-refractivity contribution in [3.8, 4) is 0 Å². The van der Waals surface area contributed by atoms with E-state index in [9.17, 15) is 14.4 Å². The quantitative estimate of drug-likeness (QED) is 0.0261. The Morgan fingerprint density at radius 3 is 0.868 bits per heavy atom. The van der Waals surface area contributed by atoms with Crippen LogP contribution in [0.25, 0.3) is 0 Å². The number of allylic oxidation sites excluding steroid dienone is 16. The van der Waals surface area contributed by atoms with Gasteiger partial charge in [-0.1, -0.05) is 266 Å². The lowest BCUT2D eigenvalue weighted by molar-refractivity contribution is -0.167. The van der Waals surface area contributed by atoms with Gasteiger partial charge in [-0.15, -0.1) is 0 Å². The molecule has 1 atom stereocenters. The maximum absolute atomic E-state index is 12.8. The summed E-state index contributed by atoms with van der Waals surface area (Å²) >= 11 is 0. The van der Waals surface area contributed by atoms with Crippen molar-refractivity contribution in [3.05, 3.63) is 97.2 Å². The van der Waals surface area contributed by atoms with E-state index in [0.29, 0.717) is 19.3 Å². The standard InChI is InChI=1S/C70H120O6/c1-4-7-10-13-16-19-22-25-27-28-29-30-31-32-33-34-35-36-37-38-39-40-41-42-44-45-48-51-54-57-60-63-69(72)75-66-67(65-74-68(71)62-59-56-53-50-47-24-21-18-15-12-9-6-3)76-70(73)64-61-58-55-52-49-46-43-26-23-20-17-14-11-8-5-2/h8,11,17-18,20-22,25-26,28-29,31-32,43,49,52,67H,4-7,9-10,12-16,19,23-24,27,30,33-42,44-48,50-51,53-66H2,1-3H3/b11-8-,20-17-,21-18-,25-22-,29-28-,32-31-,43-26-,52-49-. The molecular formula is C70H120O6. The summed E-state index contributed by atoms with van der Waals surface area (Å²) in [7, 11) is 0. The number of carbonyl (C=O) groups is 3. The zero-order chi connectivity index (χ0) is 55.0. The maximum Gasteiger partial charge on any atom is 0.306 e. The van der Waals surface area contributed by atoms with E-state index in [1.807, 2.05) is 0 Å². The fourth-order valence-electron chi connectivity index (χ4n) is 8.97. The smallest absolute Gasteiger partial charge is 0.306 e. The van der Waals surface area contributed by atoms with Gasteiger partial charge in [-0.2, -0.15) is 0 Å². The van der Waals surface area contributed by atoms with Crippen LogP contribution >= 0.6 is 0 Å². The van der Waals surface area contributed by atoms with Crippen LogP contribution in [0.3, 0.4) is 0 Å². The molecule has 0 aromatic rings. The summed E-state index contributed by atoms with van der Waals surface area (Å²) in [5.41, 5.74) is 0. The third-order valence-corrected chi connectivity index (χ3v) is 13.8. The van der Waals surface area contributed by atoms with E-state index in [2.05, 4.69) is 118 Å². The second-order valence-corrected chi connectivity index (χ2v) is 21.3. The van der Waals surface area contributed by atoms with E-state index < -0.39 is 6.10 Å². The van der Waals surface area contributed by atoms with E-state index >= 15 is 0 Å². The third kappa shape index (κ3) is 61.2. The minimum absolute atomic E-state index is 0.0956. The van der Waals surface area contributed by atoms with Gasteiger partial charge in [0, 0.05) is 19.3 Å². The first-order valence-electron chi connectivity index (χ1n) is 32.2. The van der Waals surface area contributed by atoms with Crippen LogP contribution in [0.1, 0.15) is 310 Å². The molecule has 0 N–H and O–H groups in total. The van der Waals surface area contributed by atoms with E-state index in [1.165, 1.54) is 167 Å². The highest BCUT2D eigenvalue weighted by molar-refractivity contribution is 5.71. The lowest BCUT2D eigenvalue weighted by Gasteiger charge is -2.18. The first-order valence-corrected chi connectivity index (χ1v) is 32.2. The first kappa shape index (κ1) is 72.3. The number of hydrogen-bond acceptors (Lipinski definition) is 6. The largest absolute Gasteiger partial charge is 0.462 e. The number of ether oxygens (including phenoxy) is 3. The summed E-state index contributed by atoms with van der Waals surface area (Å²) in [4.78, 5) is 38.2. The molecule has 0 saturated heterocycles. The molecule has 0 aliphatic carbocycles. The zero-order valence-corrected chi connectivity index (χ0v) is 50.0.